The van der Waals surface area contributed by atoms with Gasteiger partial charge in [0.2, 0.25) is 10.0 Å². The second-order valence-corrected chi connectivity index (χ2v) is 9.81. The van der Waals surface area contributed by atoms with Gasteiger partial charge < -0.3 is 9.84 Å². The number of aliphatic carboxylic acids is 1. The molecule has 1 aromatic heterocycles. The molecule has 2 heterocycles. The van der Waals surface area contributed by atoms with Crippen LogP contribution in [0, 0.1) is 5.82 Å². The molecular weight excluding hydrogens is 568 g/mol. The number of rotatable bonds is 9. The number of alkyl halides is 3. The van der Waals surface area contributed by atoms with Gasteiger partial charge in [-0.15, -0.1) is 0 Å². The Balaban J connectivity index is 0.000000638. The molecule has 0 unspecified atom stereocenters. The van der Waals surface area contributed by atoms with E-state index in [-0.39, 0.29) is 40.2 Å². The number of carboxylic acid groups (broad SMARTS) is 1. The summed E-state index contributed by atoms with van der Waals surface area (Å²) in [5.41, 5.74) is 2.16. The predicted molar refractivity (Wildman–Crippen MR) is 123 cm³/mol. The van der Waals surface area contributed by atoms with Crippen molar-refractivity contribution in [2.45, 2.75) is 19.1 Å². The first kappa shape index (κ1) is 31.3. The van der Waals surface area contributed by atoms with E-state index >= 15 is 0 Å². The van der Waals surface area contributed by atoms with Crippen LogP contribution in [0.2, 0.25) is 5.02 Å². The van der Waals surface area contributed by atoms with Gasteiger partial charge >= 0.3 is 12.1 Å². The van der Waals surface area contributed by atoms with Crippen LogP contribution in [-0.4, -0.2) is 90.5 Å². The van der Waals surface area contributed by atoms with Crippen LogP contribution in [0.4, 0.5) is 23.2 Å². The van der Waals surface area contributed by atoms with E-state index in [1.54, 1.807) is 0 Å². The third-order valence-corrected chi connectivity index (χ3v) is 6.42. The van der Waals surface area contributed by atoms with Crippen LogP contribution in [-0.2, 0) is 26.1 Å². The van der Waals surface area contributed by atoms with Gasteiger partial charge in [-0.05, 0) is 36.3 Å². The molecule has 0 radical (unpaired) electrons. The average Bonchev–Trinajstić information content (AvgIpc) is 3.32. The largest absolute Gasteiger partial charge is 0.490 e. The lowest BCUT2D eigenvalue weighted by molar-refractivity contribution is -0.192. The maximum atomic E-state index is 13.3. The highest BCUT2D eigenvalue weighted by Crippen LogP contribution is 2.22. The zero-order valence-electron chi connectivity index (χ0n) is 19.4. The van der Waals surface area contributed by atoms with E-state index in [9.17, 15) is 31.2 Å². The number of amidine groups is 1. The summed E-state index contributed by atoms with van der Waals surface area (Å²) in [7, 11) is -3.58. The molecule has 1 aromatic carbocycles. The van der Waals surface area contributed by atoms with E-state index in [1.165, 1.54) is 12.1 Å². The van der Waals surface area contributed by atoms with Gasteiger partial charge in [-0.25, -0.2) is 31.9 Å². The van der Waals surface area contributed by atoms with E-state index in [0.29, 0.717) is 26.2 Å². The van der Waals surface area contributed by atoms with Crippen molar-refractivity contribution in [3.05, 3.63) is 40.4 Å². The second kappa shape index (κ2) is 14.3. The number of aromatic nitrogens is 2. The van der Waals surface area contributed by atoms with Crippen molar-refractivity contribution in [2.75, 3.05) is 38.6 Å². The molecule has 4 N–H and O–H groups in total. The molecule has 0 aliphatic carbocycles. The quantitative estimate of drug-likeness (QED) is 0.144. The molecule has 1 aliphatic rings. The molecule has 0 amide bonds. The molecule has 1 aliphatic heterocycles. The fourth-order valence-corrected chi connectivity index (χ4v) is 4.06. The second-order valence-electron chi connectivity index (χ2n) is 7.48. The van der Waals surface area contributed by atoms with E-state index < -0.39 is 28.0 Å². The van der Waals surface area contributed by atoms with Crippen LogP contribution >= 0.6 is 11.6 Å². The number of benzene rings is 1. The van der Waals surface area contributed by atoms with Gasteiger partial charge in [-0.2, -0.15) is 13.2 Å². The fraction of sp³-hybridized carbons (Fsp3) is 0.474. The summed E-state index contributed by atoms with van der Waals surface area (Å²) < 4.78 is 82.0. The number of carbonyl (C=O) groups is 1. The molecule has 19 heteroatoms. The van der Waals surface area contributed by atoms with E-state index in [4.69, 9.17) is 26.2 Å². The van der Waals surface area contributed by atoms with Gasteiger partial charge in [0.1, 0.15) is 11.5 Å². The summed E-state index contributed by atoms with van der Waals surface area (Å²) >= 11 is 5.73. The van der Waals surface area contributed by atoms with Crippen molar-refractivity contribution in [3.63, 3.8) is 0 Å². The van der Waals surface area contributed by atoms with Crippen molar-refractivity contribution < 1.29 is 50.5 Å². The first-order chi connectivity index (χ1) is 17.8. The number of ether oxygens (including phenoxy) is 1. The first-order valence-corrected chi connectivity index (χ1v) is 12.7. The summed E-state index contributed by atoms with van der Waals surface area (Å²) in [5.74, 6) is -3.61. The van der Waals surface area contributed by atoms with Crippen molar-refractivity contribution in [3.8, 4) is 0 Å². The van der Waals surface area contributed by atoms with Gasteiger partial charge in [0.05, 0.1) is 36.2 Å². The molecule has 3 rings (SSSR count). The van der Waals surface area contributed by atoms with Crippen molar-refractivity contribution >= 4 is 39.1 Å². The lowest BCUT2D eigenvalue weighted by atomic mass is 10.3. The number of nitrogens with zero attached hydrogens (tertiary/aromatic N) is 4. The molecule has 0 saturated carbocycles. The molecule has 212 valence electrons. The van der Waals surface area contributed by atoms with Crippen molar-refractivity contribution in [2.24, 2.45) is 4.99 Å². The Morgan fingerprint density at radius 3 is 2.47 bits per heavy atom. The van der Waals surface area contributed by atoms with Gasteiger partial charge in [-0.1, -0.05) is 16.8 Å². The first-order valence-electron chi connectivity index (χ1n) is 10.7. The summed E-state index contributed by atoms with van der Waals surface area (Å²) in [6.07, 6.45) is -4.62. The lowest BCUT2D eigenvalue weighted by Crippen LogP contribution is -2.38. The van der Waals surface area contributed by atoms with E-state index in [2.05, 4.69) is 29.6 Å². The normalized spacial score (nSPS) is 15.1. The minimum Gasteiger partial charge on any atom is -0.475 e. The summed E-state index contributed by atoms with van der Waals surface area (Å²) in [6, 6.07) is 3.70. The molecule has 1 saturated heterocycles. The number of hydrogen-bond donors (Lipinski definition) is 4. The number of nitrogens with one attached hydrogen (secondary N) is 2. The van der Waals surface area contributed by atoms with Gasteiger partial charge in [-0.3, -0.25) is 15.6 Å². The topological polar surface area (TPSA) is 179 Å². The standard InChI is InChI=1S/C17H22ClFN6O5S.C2HF3O2/c18-13-10-12(2-3-14(13)19)21-17(22-26)16-15(23-30-24-16)11-20-31(27,28)9-1-4-25-5-7-29-8-6-25;3-2(4,5)1(6)7/h2-3,10,20,26H,1,4-9,11H2,(H,21,22);(H,6,7). The highest BCUT2D eigenvalue weighted by molar-refractivity contribution is 7.89. The van der Waals surface area contributed by atoms with E-state index in [1.807, 2.05) is 5.48 Å². The average molecular weight is 591 g/mol. The number of morpholine rings is 1. The maximum absolute atomic E-state index is 13.3. The lowest BCUT2D eigenvalue weighted by Gasteiger charge is -2.26. The van der Waals surface area contributed by atoms with Crippen LogP contribution in [0.25, 0.3) is 0 Å². The Morgan fingerprint density at radius 1 is 1.24 bits per heavy atom. The Bertz CT molecular complexity index is 1210. The highest BCUT2D eigenvalue weighted by atomic mass is 35.5. The van der Waals surface area contributed by atoms with E-state index in [0.717, 1.165) is 19.2 Å². The zero-order valence-corrected chi connectivity index (χ0v) is 21.0. The smallest absolute Gasteiger partial charge is 0.475 e. The predicted octanol–water partition coefficient (Wildman–Crippen LogP) is 1.69. The minimum atomic E-state index is -5.08. The summed E-state index contributed by atoms with van der Waals surface area (Å²) in [6.45, 7) is 3.32. The monoisotopic (exact) mass is 590 g/mol. The van der Waals surface area contributed by atoms with Crippen LogP contribution in [0.1, 0.15) is 17.8 Å². The van der Waals surface area contributed by atoms with Gasteiger partial charge in [0, 0.05) is 13.1 Å². The van der Waals surface area contributed by atoms with Gasteiger partial charge in [0.15, 0.2) is 11.5 Å². The van der Waals surface area contributed by atoms with Crippen LogP contribution < -0.4 is 10.2 Å². The fourth-order valence-electron chi connectivity index (χ4n) is 2.87. The molecule has 0 atom stereocenters. The summed E-state index contributed by atoms with van der Waals surface area (Å²) in [5, 5.41) is 23.7. The maximum Gasteiger partial charge on any atom is 0.490 e. The Kier molecular flexibility index (Phi) is 11.8. The number of aliphatic imine (C=N–C) groups is 1. The molecule has 13 nitrogen and oxygen atoms in total. The number of hydroxylamine groups is 1. The third kappa shape index (κ3) is 10.5. The van der Waals surface area contributed by atoms with Crippen LogP contribution in [0.3, 0.4) is 0 Å². The number of halogens is 5. The summed E-state index contributed by atoms with van der Waals surface area (Å²) in [4.78, 5) is 15.1. The number of sulfonamides is 1. The van der Waals surface area contributed by atoms with Crippen molar-refractivity contribution in [1.29, 1.82) is 0 Å². The molecular formula is C19H23ClF4N6O7S. The Morgan fingerprint density at radius 2 is 1.89 bits per heavy atom. The third-order valence-electron chi connectivity index (χ3n) is 4.72. The minimum absolute atomic E-state index is 0.0148. The molecule has 0 bridgehead atoms. The van der Waals surface area contributed by atoms with Crippen LogP contribution in [0.15, 0.2) is 27.8 Å². The van der Waals surface area contributed by atoms with Crippen LogP contribution in [0.5, 0.6) is 0 Å². The number of hydrogen-bond acceptors (Lipinski definition) is 10. The van der Waals surface area contributed by atoms with Crippen molar-refractivity contribution in [1.82, 2.24) is 25.4 Å². The molecule has 2 aromatic rings. The van der Waals surface area contributed by atoms with Gasteiger partial charge in [0.25, 0.3) is 0 Å². The Hall–Kier alpha value is -2.90. The molecule has 38 heavy (non-hydrogen) atoms. The Labute approximate surface area is 218 Å². The SMILES string of the molecule is O=C(O)C(F)(F)F.O=S(=O)(CCCN1CCOCC1)NCc1nonc1C(=Nc1ccc(F)c(Cl)c1)NO. The zero-order chi connectivity index (χ0) is 28.3. The number of carboxylic acids is 1. The highest BCUT2D eigenvalue weighted by Gasteiger charge is 2.38. The molecule has 0 spiro atoms. The molecule has 1 fully saturated rings.